The van der Waals surface area contributed by atoms with Gasteiger partial charge < -0.3 is 15.5 Å². The van der Waals surface area contributed by atoms with Gasteiger partial charge in [-0.25, -0.2) is 4.39 Å². The maximum absolute atomic E-state index is 13.4. The van der Waals surface area contributed by atoms with E-state index in [0.29, 0.717) is 6.42 Å². The molecule has 25 heavy (non-hydrogen) atoms. The molecule has 6 heteroatoms. The van der Waals surface area contributed by atoms with Gasteiger partial charge in [-0.2, -0.15) is 0 Å². The first-order chi connectivity index (χ1) is 11.8. The van der Waals surface area contributed by atoms with Crippen molar-refractivity contribution in [3.63, 3.8) is 0 Å². The zero-order valence-corrected chi connectivity index (χ0v) is 15.7. The molecule has 0 heterocycles. The summed E-state index contributed by atoms with van der Waals surface area (Å²) in [6.07, 6.45) is 0.443. The molecular formula is C19H21BrFNO3. The average Bonchev–Trinajstić information content (AvgIpc) is 2.58. The smallest absolute Gasteiger partial charge is 0.256 e. The number of halogens is 2. The van der Waals surface area contributed by atoms with E-state index in [-0.39, 0.29) is 16.6 Å². The maximum Gasteiger partial charge on any atom is 0.256 e. The molecule has 0 aliphatic heterocycles. The Labute approximate surface area is 154 Å². The third-order valence-corrected chi connectivity index (χ3v) is 4.81. The lowest BCUT2D eigenvalue weighted by Gasteiger charge is -2.26. The van der Waals surface area contributed by atoms with Gasteiger partial charge >= 0.3 is 0 Å². The predicted molar refractivity (Wildman–Crippen MR) is 97.6 cm³/mol. The lowest BCUT2D eigenvalue weighted by atomic mass is 9.94. The summed E-state index contributed by atoms with van der Waals surface area (Å²) in [4.78, 5) is 12.5. The van der Waals surface area contributed by atoms with E-state index >= 15 is 0 Å². The quantitative estimate of drug-likeness (QED) is 0.686. The molecule has 1 amide bonds. The number of aliphatic hydroxyl groups excluding tert-OH is 1. The van der Waals surface area contributed by atoms with Crippen LogP contribution in [0.4, 0.5) is 4.39 Å². The van der Waals surface area contributed by atoms with Crippen molar-refractivity contribution in [3.8, 4) is 0 Å². The Hall–Kier alpha value is -1.76. The number of hydrogen-bond acceptors (Lipinski definition) is 3. The van der Waals surface area contributed by atoms with Crippen LogP contribution in [0.15, 0.2) is 46.9 Å². The topological polar surface area (TPSA) is 69.6 Å². The molecule has 0 spiro atoms. The number of aliphatic hydroxyl groups is 2. The van der Waals surface area contributed by atoms with Gasteiger partial charge in [0, 0.05) is 0 Å². The molecule has 0 aromatic heterocycles. The van der Waals surface area contributed by atoms with E-state index in [4.69, 9.17) is 0 Å². The summed E-state index contributed by atoms with van der Waals surface area (Å²) in [5.41, 5.74) is 0.469. The van der Waals surface area contributed by atoms with E-state index in [0.717, 1.165) is 11.1 Å². The van der Waals surface area contributed by atoms with Crippen LogP contribution in [0, 0.1) is 12.7 Å². The molecule has 3 N–H and O–H groups in total. The Morgan fingerprint density at radius 2 is 2.00 bits per heavy atom. The summed E-state index contributed by atoms with van der Waals surface area (Å²) in [6.45, 7) is 3.03. The molecule has 2 aromatic carbocycles. The molecule has 2 atom stereocenters. The van der Waals surface area contributed by atoms with Gasteiger partial charge in [-0.3, -0.25) is 4.79 Å². The third-order valence-electron chi connectivity index (χ3n) is 4.21. The van der Waals surface area contributed by atoms with E-state index in [2.05, 4.69) is 21.2 Å². The fourth-order valence-electron chi connectivity index (χ4n) is 2.52. The van der Waals surface area contributed by atoms with Gasteiger partial charge in [0.2, 0.25) is 0 Å². The van der Waals surface area contributed by atoms with Crippen molar-refractivity contribution in [2.45, 2.75) is 31.9 Å². The molecule has 0 aliphatic rings. The molecule has 0 aliphatic carbocycles. The van der Waals surface area contributed by atoms with Crippen molar-refractivity contribution in [1.29, 1.82) is 0 Å². The molecular weight excluding hydrogens is 389 g/mol. The summed E-state index contributed by atoms with van der Waals surface area (Å²) >= 11 is 3.05. The van der Waals surface area contributed by atoms with Crippen LogP contribution in [0.2, 0.25) is 0 Å². The standard InChI is InChI=1S/C19H21BrFNO3/c1-12-5-3-4-6-13(12)9-15(11-23)22-18(24)19(2,25)14-7-8-17(21)16(20)10-14/h3-8,10,15,23,25H,9,11H2,1-2H3,(H,22,24). The first-order valence-electron chi connectivity index (χ1n) is 7.90. The molecule has 2 unspecified atom stereocenters. The van der Waals surface area contributed by atoms with E-state index in [1.54, 1.807) is 0 Å². The van der Waals surface area contributed by atoms with E-state index in [1.165, 1.54) is 25.1 Å². The molecule has 0 saturated carbocycles. The second kappa shape index (κ2) is 8.08. The number of hydrogen-bond donors (Lipinski definition) is 3. The fraction of sp³-hybridized carbons (Fsp3) is 0.316. The molecule has 2 aromatic rings. The number of benzene rings is 2. The predicted octanol–water partition coefficient (Wildman–Crippen LogP) is 2.82. The van der Waals surface area contributed by atoms with Gasteiger partial charge in [-0.1, -0.05) is 30.3 Å². The van der Waals surface area contributed by atoms with Gasteiger partial charge in [0.1, 0.15) is 5.82 Å². The minimum absolute atomic E-state index is 0.164. The van der Waals surface area contributed by atoms with Crippen molar-refractivity contribution in [2.24, 2.45) is 0 Å². The van der Waals surface area contributed by atoms with Crippen LogP contribution >= 0.6 is 15.9 Å². The van der Waals surface area contributed by atoms with Crippen molar-refractivity contribution in [2.75, 3.05) is 6.61 Å². The number of nitrogens with one attached hydrogen (secondary N) is 1. The van der Waals surface area contributed by atoms with Gasteiger partial charge in [0.25, 0.3) is 5.91 Å². The molecule has 4 nitrogen and oxygen atoms in total. The monoisotopic (exact) mass is 409 g/mol. The molecule has 134 valence electrons. The lowest BCUT2D eigenvalue weighted by molar-refractivity contribution is -0.140. The summed E-state index contributed by atoms with van der Waals surface area (Å²) < 4.78 is 13.5. The largest absolute Gasteiger partial charge is 0.394 e. The van der Waals surface area contributed by atoms with Gasteiger partial charge in [0.05, 0.1) is 17.1 Å². The van der Waals surface area contributed by atoms with Gasteiger partial charge in [-0.15, -0.1) is 0 Å². The highest BCUT2D eigenvalue weighted by Gasteiger charge is 2.34. The van der Waals surface area contributed by atoms with Crippen LogP contribution in [0.3, 0.4) is 0 Å². The normalized spacial score (nSPS) is 14.6. The van der Waals surface area contributed by atoms with Crippen molar-refractivity contribution < 1.29 is 19.4 Å². The second-order valence-electron chi connectivity index (χ2n) is 6.18. The van der Waals surface area contributed by atoms with E-state index in [1.807, 2.05) is 31.2 Å². The molecule has 0 saturated heterocycles. The lowest BCUT2D eigenvalue weighted by Crippen LogP contribution is -2.48. The fourth-order valence-corrected chi connectivity index (χ4v) is 2.90. The van der Waals surface area contributed by atoms with E-state index < -0.39 is 23.4 Å². The number of carbonyl (C=O) groups is 1. The third kappa shape index (κ3) is 4.66. The number of rotatable bonds is 6. The Kier molecular flexibility index (Phi) is 6.32. The van der Waals surface area contributed by atoms with Crippen LogP contribution < -0.4 is 5.32 Å². The van der Waals surface area contributed by atoms with Crippen molar-refractivity contribution >= 4 is 21.8 Å². The van der Waals surface area contributed by atoms with E-state index in [9.17, 15) is 19.4 Å². The second-order valence-corrected chi connectivity index (χ2v) is 7.04. The van der Waals surface area contributed by atoms with Gasteiger partial charge in [0.15, 0.2) is 5.60 Å². The highest BCUT2D eigenvalue weighted by molar-refractivity contribution is 9.10. The van der Waals surface area contributed by atoms with Crippen molar-refractivity contribution in [1.82, 2.24) is 5.32 Å². The zero-order valence-electron chi connectivity index (χ0n) is 14.1. The van der Waals surface area contributed by atoms with Crippen LogP contribution in [0.25, 0.3) is 0 Å². The number of amides is 1. The maximum atomic E-state index is 13.4. The number of aryl methyl sites for hydroxylation is 1. The minimum Gasteiger partial charge on any atom is -0.394 e. The molecule has 0 bridgehead atoms. The first kappa shape index (κ1) is 19.6. The molecule has 2 rings (SSSR count). The molecule has 0 radical (unpaired) electrons. The molecule has 0 fully saturated rings. The first-order valence-corrected chi connectivity index (χ1v) is 8.69. The number of carbonyl (C=O) groups excluding carboxylic acids is 1. The van der Waals surface area contributed by atoms with Crippen LogP contribution in [-0.4, -0.2) is 28.8 Å². The Morgan fingerprint density at radius 1 is 1.32 bits per heavy atom. The summed E-state index contributed by atoms with van der Waals surface area (Å²) in [7, 11) is 0. The Bertz CT molecular complexity index is 764. The average molecular weight is 410 g/mol. The van der Waals surface area contributed by atoms with Crippen molar-refractivity contribution in [3.05, 3.63) is 69.4 Å². The van der Waals surface area contributed by atoms with Crippen LogP contribution in [-0.2, 0) is 16.8 Å². The Balaban J connectivity index is 2.14. The van der Waals surface area contributed by atoms with Gasteiger partial charge in [-0.05, 0) is 65.0 Å². The van der Waals surface area contributed by atoms with Crippen LogP contribution in [0.5, 0.6) is 0 Å². The Morgan fingerprint density at radius 3 is 2.60 bits per heavy atom. The van der Waals surface area contributed by atoms with Crippen LogP contribution in [0.1, 0.15) is 23.6 Å². The summed E-state index contributed by atoms with van der Waals surface area (Å²) in [5.74, 6) is -1.13. The highest BCUT2D eigenvalue weighted by Crippen LogP contribution is 2.26. The minimum atomic E-state index is -1.85. The SMILES string of the molecule is Cc1ccccc1CC(CO)NC(=O)C(C)(O)c1ccc(F)c(Br)c1. The highest BCUT2D eigenvalue weighted by atomic mass is 79.9. The zero-order chi connectivity index (χ0) is 18.6. The summed E-state index contributed by atoms with van der Waals surface area (Å²) in [5, 5.41) is 22.9. The summed E-state index contributed by atoms with van der Waals surface area (Å²) in [6, 6.07) is 11.1.